The number of ether oxygens (including phenoxy) is 1. The van der Waals surface area contributed by atoms with Crippen molar-refractivity contribution < 1.29 is 9.53 Å². The predicted octanol–water partition coefficient (Wildman–Crippen LogP) is 3.23. The van der Waals surface area contributed by atoms with E-state index in [1.165, 1.54) is 0 Å². The molecule has 0 saturated heterocycles. The average molecular weight is 255 g/mol. The summed E-state index contributed by atoms with van der Waals surface area (Å²) in [5, 5.41) is 3.10. The number of benzene rings is 2. The van der Waals surface area contributed by atoms with E-state index < -0.39 is 0 Å². The second-order valence-electron chi connectivity index (χ2n) is 4.33. The summed E-state index contributed by atoms with van der Waals surface area (Å²) in [6.07, 6.45) is 0. The third-order valence-corrected chi connectivity index (χ3v) is 2.73. The van der Waals surface area contributed by atoms with Gasteiger partial charge in [0.2, 0.25) is 0 Å². The van der Waals surface area contributed by atoms with E-state index in [0.29, 0.717) is 6.61 Å². The van der Waals surface area contributed by atoms with Crippen molar-refractivity contribution >= 4 is 11.7 Å². The van der Waals surface area contributed by atoms with Crippen LogP contribution in [0.5, 0.6) is 0 Å². The summed E-state index contributed by atoms with van der Waals surface area (Å²) < 4.78 is 5.26. The van der Waals surface area contributed by atoms with Crippen molar-refractivity contribution in [2.75, 3.05) is 5.32 Å². The van der Waals surface area contributed by atoms with Crippen molar-refractivity contribution in [3.63, 3.8) is 0 Å². The van der Waals surface area contributed by atoms with Gasteiger partial charge in [-0.1, -0.05) is 48.5 Å². The van der Waals surface area contributed by atoms with Gasteiger partial charge < -0.3 is 10.1 Å². The number of carbonyl (C=O) groups excluding carboxylic acids is 1. The minimum atomic E-state index is -0.369. The number of hydrogen-bond donors (Lipinski definition) is 1. The Kier molecular flexibility index (Phi) is 4.56. The third-order valence-electron chi connectivity index (χ3n) is 2.73. The Hall–Kier alpha value is -2.29. The molecule has 0 aliphatic heterocycles. The van der Waals surface area contributed by atoms with E-state index in [1.54, 1.807) is 6.92 Å². The first kappa shape index (κ1) is 13.1. The summed E-state index contributed by atoms with van der Waals surface area (Å²) in [5.41, 5.74) is 1.90. The van der Waals surface area contributed by atoms with E-state index in [2.05, 4.69) is 5.32 Å². The molecule has 0 aliphatic carbocycles. The highest BCUT2D eigenvalue weighted by molar-refractivity contribution is 5.78. The van der Waals surface area contributed by atoms with Crippen LogP contribution in [0, 0.1) is 0 Å². The fourth-order valence-electron chi connectivity index (χ4n) is 1.70. The molecule has 0 spiro atoms. The van der Waals surface area contributed by atoms with Crippen LogP contribution in [0.2, 0.25) is 0 Å². The van der Waals surface area contributed by atoms with Crippen LogP contribution in [-0.2, 0) is 16.1 Å². The smallest absolute Gasteiger partial charge is 0.328 e. The van der Waals surface area contributed by atoms with E-state index in [4.69, 9.17) is 4.74 Å². The molecule has 2 aromatic rings. The molecular formula is C16H17NO2. The van der Waals surface area contributed by atoms with Gasteiger partial charge in [-0.25, -0.2) is 4.79 Å². The molecule has 0 heterocycles. The van der Waals surface area contributed by atoms with Gasteiger partial charge in [0.25, 0.3) is 0 Å². The molecule has 0 saturated carbocycles. The predicted molar refractivity (Wildman–Crippen MR) is 75.8 cm³/mol. The maximum atomic E-state index is 11.8. The van der Waals surface area contributed by atoms with E-state index in [-0.39, 0.29) is 12.0 Å². The van der Waals surface area contributed by atoms with Crippen LogP contribution in [0.1, 0.15) is 12.5 Å². The first-order valence-electron chi connectivity index (χ1n) is 6.28. The highest BCUT2D eigenvalue weighted by Crippen LogP contribution is 2.08. The Bertz CT molecular complexity index is 511. The van der Waals surface area contributed by atoms with E-state index in [1.807, 2.05) is 60.7 Å². The first-order chi connectivity index (χ1) is 9.25. The molecule has 0 bridgehead atoms. The molecule has 0 radical (unpaired) electrons. The van der Waals surface area contributed by atoms with Crippen molar-refractivity contribution in [3.05, 3.63) is 66.2 Å². The molecular weight excluding hydrogens is 238 g/mol. The van der Waals surface area contributed by atoms with Crippen LogP contribution in [0.3, 0.4) is 0 Å². The van der Waals surface area contributed by atoms with Gasteiger partial charge in [0.05, 0.1) is 0 Å². The monoisotopic (exact) mass is 255 g/mol. The Balaban J connectivity index is 1.83. The van der Waals surface area contributed by atoms with Crippen molar-refractivity contribution in [1.82, 2.24) is 0 Å². The molecule has 1 atom stereocenters. The summed E-state index contributed by atoms with van der Waals surface area (Å²) in [5.74, 6) is -0.257. The van der Waals surface area contributed by atoms with E-state index in [9.17, 15) is 4.79 Å². The van der Waals surface area contributed by atoms with Gasteiger partial charge in [-0.15, -0.1) is 0 Å². The lowest BCUT2D eigenvalue weighted by molar-refractivity contribution is -0.145. The van der Waals surface area contributed by atoms with Gasteiger partial charge in [0, 0.05) is 5.69 Å². The summed E-state index contributed by atoms with van der Waals surface area (Å²) >= 11 is 0. The number of carbonyl (C=O) groups is 1. The Labute approximate surface area is 113 Å². The summed E-state index contributed by atoms with van der Waals surface area (Å²) in [6, 6.07) is 18.9. The topological polar surface area (TPSA) is 38.3 Å². The molecule has 0 unspecified atom stereocenters. The van der Waals surface area contributed by atoms with Crippen molar-refractivity contribution in [3.8, 4) is 0 Å². The highest BCUT2D eigenvalue weighted by atomic mass is 16.5. The fraction of sp³-hybridized carbons (Fsp3) is 0.188. The van der Waals surface area contributed by atoms with Crippen LogP contribution in [-0.4, -0.2) is 12.0 Å². The quantitative estimate of drug-likeness (QED) is 0.834. The normalized spacial score (nSPS) is 11.6. The molecule has 3 heteroatoms. The van der Waals surface area contributed by atoms with E-state index >= 15 is 0 Å². The Morgan fingerprint density at radius 2 is 1.63 bits per heavy atom. The molecule has 0 aromatic heterocycles. The Morgan fingerprint density at radius 1 is 1.05 bits per heavy atom. The van der Waals surface area contributed by atoms with Crippen LogP contribution in [0.15, 0.2) is 60.7 Å². The number of rotatable bonds is 5. The summed E-state index contributed by atoms with van der Waals surface area (Å²) in [4.78, 5) is 11.8. The van der Waals surface area contributed by atoms with Crippen LogP contribution >= 0.6 is 0 Å². The summed E-state index contributed by atoms with van der Waals surface area (Å²) in [7, 11) is 0. The van der Waals surface area contributed by atoms with Crippen molar-refractivity contribution in [2.24, 2.45) is 0 Å². The highest BCUT2D eigenvalue weighted by Gasteiger charge is 2.13. The molecule has 0 amide bonds. The maximum absolute atomic E-state index is 11.8. The molecule has 3 nitrogen and oxygen atoms in total. The molecule has 2 aromatic carbocycles. The lowest BCUT2D eigenvalue weighted by Crippen LogP contribution is -2.28. The van der Waals surface area contributed by atoms with Crippen LogP contribution in [0.25, 0.3) is 0 Å². The zero-order valence-electron chi connectivity index (χ0n) is 10.9. The van der Waals surface area contributed by atoms with Gasteiger partial charge >= 0.3 is 5.97 Å². The lowest BCUT2D eigenvalue weighted by Gasteiger charge is -2.14. The maximum Gasteiger partial charge on any atom is 0.328 e. The zero-order valence-corrected chi connectivity index (χ0v) is 10.9. The first-order valence-corrected chi connectivity index (χ1v) is 6.28. The van der Waals surface area contributed by atoms with E-state index in [0.717, 1.165) is 11.3 Å². The SMILES string of the molecule is C[C@H](Nc1ccccc1)C(=O)OCc1ccccc1. The number of anilines is 1. The molecule has 19 heavy (non-hydrogen) atoms. The Morgan fingerprint density at radius 3 is 2.26 bits per heavy atom. The van der Waals surface area contributed by atoms with Gasteiger partial charge in [-0.3, -0.25) is 0 Å². The van der Waals surface area contributed by atoms with Gasteiger partial charge in [-0.2, -0.15) is 0 Å². The van der Waals surface area contributed by atoms with Crippen LogP contribution in [0.4, 0.5) is 5.69 Å². The number of nitrogens with one attached hydrogen (secondary N) is 1. The van der Waals surface area contributed by atoms with Gasteiger partial charge in [0.1, 0.15) is 12.6 Å². The lowest BCUT2D eigenvalue weighted by atomic mass is 10.2. The standard InChI is InChI=1S/C16H17NO2/c1-13(17-15-10-6-3-7-11-15)16(18)19-12-14-8-4-2-5-9-14/h2-11,13,17H,12H2,1H3/t13-/m0/s1. The molecule has 2 rings (SSSR count). The van der Waals surface area contributed by atoms with Gasteiger partial charge in [-0.05, 0) is 24.6 Å². The minimum Gasteiger partial charge on any atom is -0.459 e. The fourth-order valence-corrected chi connectivity index (χ4v) is 1.70. The zero-order chi connectivity index (χ0) is 13.5. The summed E-state index contributed by atoms with van der Waals surface area (Å²) in [6.45, 7) is 2.10. The second-order valence-corrected chi connectivity index (χ2v) is 4.33. The number of esters is 1. The largest absolute Gasteiger partial charge is 0.459 e. The van der Waals surface area contributed by atoms with Crippen molar-refractivity contribution in [2.45, 2.75) is 19.6 Å². The molecule has 98 valence electrons. The minimum absolute atomic E-state index is 0.257. The third kappa shape index (κ3) is 4.14. The second kappa shape index (κ2) is 6.59. The van der Waals surface area contributed by atoms with Crippen molar-refractivity contribution in [1.29, 1.82) is 0 Å². The van der Waals surface area contributed by atoms with Gasteiger partial charge in [0.15, 0.2) is 0 Å². The van der Waals surface area contributed by atoms with Crippen LogP contribution < -0.4 is 5.32 Å². The number of hydrogen-bond acceptors (Lipinski definition) is 3. The molecule has 0 aliphatic rings. The molecule has 0 fully saturated rings. The molecule has 1 N–H and O–H groups in total. The number of para-hydroxylation sites is 1. The average Bonchev–Trinajstić information content (AvgIpc) is 2.47.